The Hall–Kier alpha value is -1.87. The lowest BCUT2D eigenvalue weighted by Crippen LogP contribution is -2.11. The molecule has 0 saturated carbocycles. The average molecular weight is 270 g/mol. The van der Waals surface area contributed by atoms with Crippen molar-refractivity contribution >= 4 is 0 Å². The van der Waals surface area contributed by atoms with Gasteiger partial charge in [0.15, 0.2) is 0 Å². The van der Waals surface area contributed by atoms with Crippen molar-refractivity contribution in [3.8, 4) is 11.5 Å². The standard InChI is InChI=1S/C17H22N2O/c1-4-16-17(11-6-13(3)19-16)20-15-9-7-14(8-10-15)12-18-5-2/h6-11,18H,4-5,12H2,1-3H3. The minimum atomic E-state index is 0.845. The Labute approximate surface area is 121 Å². The van der Waals surface area contributed by atoms with Gasteiger partial charge in [0.2, 0.25) is 0 Å². The number of pyridine rings is 1. The van der Waals surface area contributed by atoms with Crippen molar-refractivity contribution in [1.82, 2.24) is 10.3 Å². The SMILES string of the molecule is CCNCc1ccc(Oc2ccc(C)nc2CC)cc1. The van der Waals surface area contributed by atoms with Crippen molar-refractivity contribution in [2.24, 2.45) is 0 Å². The van der Waals surface area contributed by atoms with E-state index in [9.17, 15) is 0 Å². The van der Waals surface area contributed by atoms with Crippen molar-refractivity contribution in [3.63, 3.8) is 0 Å². The first kappa shape index (κ1) is 14.5. The zero-order valence-corrected chi connectivity index (χ0v) is 12.4. The third-order valence-electron chi connectivity index (χ3n) is 3.14. The van der Waals surface area contributed by atoms with Crippen molar-refractivity contribution in [2.75, 3.05) is 6.54 Å². The number of hydrogen-bond donors (Lipinski definition) is 1. The molecule has 0 fully saturated rings. The molecule has 0 aliphatic carbocycles. The molecular formula is C17H22N2O. The van der Waals surface area contributed by atoms with E-state index in [4.69, 9.17) is 4.74 Å². The summed E-state index contributed by atoms with van der Waals surface area (Å²) in [5.74, 6) is 1.70. The van der Waals surface area contributed by atoms with Gasteiger partial charge < -0.3 is 10.1 Å². The fraction of sp³-hybridized carbons (Fsp3) is 0.353. The molecule has 1 N–H and O–H groups in total. The summed E-state index contributed by atoms with van der Waals surface area (Å²) in [7, 11) is 0. The van der Waals surface area contributed by atoms with Gasteiger partial charge in [-0.25, -0.2) is 0 Å². The predicted octanol–water partition coefficient (Wildman–Crippen LogP) is 3.85. The number of hydrogen-bond acceptors (Lipinski definition) is 3. The molecule has 0 amide bonds. The smallest absolute Gasteiger partial charge is 0.148 e. The van der Waals surface area contributed by atoms with Gasteiger partial charge in [-0.15, -0.1) is 0 Å². The molecule has 1 heterocycles. The van der Waals surface area contributed by atoms with Gasteiger partial charge in [-0.3, -0.25) is 4.98 Å². The van der Waals surface area contributed by atoms with Crippen LogP contribution < -0.4 is 10.1 Å². The van der Waals surface area contributed by atoms with Crippen LogP contribution in [0.15, 0.2) is 36.4 Å². The summed E-state index contributed by atoms with van der Waals surface area (Å²) in [6, 6.07) is 12.2. The van der Waals surface area contributed by atoms with Crippen molar-refractivity contribution < 1.29 is 4.74 Å². The number of ether oxygens (including phenoxy) is 1. The van der Waals surface area contributed by atoms with Gasteiger partial charge in [-0.05, 0) is 49.7 Å². The molecule has 106 valence electrons. The van der Waals surface area contributed by atoms with Crippen molar-refractivity contribution in [1.29, 1.82) is 0 Å². The quantitative estimate of drug-likeness (QED) is 0.865. The summed E-state index contributed by atoms with van der Waals surface area (Å²) in [6.07, 6.45) is 0.871. The summed E-state index contributed by atoms with van der Waals surface area (Å²) in [6.45, 7) is 8.07. The van der Waals surface area contributed by atoms with Crippen LogP contribution in [0.1, 0.15) is 30.8 Å². The average Bonchev–Trinajstić information content (AvgIpc) is 2.48. The number of aromatic nitrogens is 1. The minimum Gasteiger partial charge on any atom is -0.455 e. The van der Waals surface area contributed by atoms with E-state index in [1.54, 1.807) is 0 Å². The lowest BCUT2D eigenvalue weighted by Gasteiger charge is -2.10. The molecule has 3 heteroatoms. The Morgan fingerprint density at radius 1 is 1.05 bits per heavy atom. The zero-order valence-electron chi connectivity index (χ0n) is 12.4. The predicted molar refractivity (Wildman–Crippen MR) is 82.2 cm³/mol. The molecule has 2 rings (SSSR count). The number of rotatable bonds is 6. The van der Waals surface area contributed by atoms with Gasteiger partial charge in [0, 0.05) is 12.2 Å². The molecule has 0 aliphatic rings. The van der Waals surface area contributed by atoms with Crippen molar-refractivity contribution in [3.05, 3.63) is 53.3 Å². The largest absolute Gasteiger partial charge is 0.455 e. The molecule has 0 bridgehead atoms. The van der Waals surface area contributed by atoms with Crippen LogP contribution in [0.5, 0.6) is 11.5 Å². The van der Waals surface area contributed by atoms with Gasteiger partial charge in [0.05, 0.1) is 5.69 Å². The summed E-state index contributed by atoms with van der Waals surface area (Å²) < 4.78 is 5.93. The fourth-order valence-electron chi connectivity index (χ4n) is 2.02. The number of benzene rings is 1. The van der Waals surface area contributed by atoms with E-state index in [1.807, 2.05) is 31.2 Å². The Kier molecular flexibility index (Phi) is 5.13. The second-order valence-corrected chi connectivity index (χ2v) is 4.78. The minimum absolute atomic E-state index is 0.845. The van der Waals surface area contributed by atoms with E-state index in [0.717, 1.165) is 42.4 Å². The number of nitrogens with one attached hydrogen (secondary N) is 1. The molecule has 0 unspecified atom stereocenters. The van der Waals surface area contributed by atoms with E-state index >= 15 is 0 Å². The van der Waals surface area contributed by atoms with Crippen LogP contribution in [0, 0.1) is 6.92 Å². The molecule has 0 spiro atoms. The summed E-state index contributed by atoms with van der Waals surface area (Å²) >= 11 is 0. The Balaban J connectivity index is 2.10. The van der Waals surface area contributed by atoms with Crippen LogP contribution >= 0.6 is 0 Å². The van der Waals surface area contributed by atoms with Gasteiger partial charge in [-0.1, -0.05) is 26.0 Å². The molecule has 0 saturated heterocycles. The van der Waals surface area contributed by atoms with E-state index in [2.05, 4.69) is 36.3 Å². The summed E-state index contributed by atoms with van der Waals surface area (Å²) in [4.78, 5) is 4.51. The molecule has 0 radical (unpaired) electrons. The first-order chi connectivity index (χ1) is 9.72. The van der Waals surface area contributed by atoms with Gasteiger partial charge in [0.1, 0.15) is 11.5 Å². The molecular weight excluding hydrogens is 248 g/mol. The lowest BCUT2D eigenvalue weighted by atomic mass is 10.2. The maximum absolute atomic E-state index is 5.93. The first-order valence-corrected chi connectivity index (χ1v) is 7.17. The second kappa shape index (κ2) is 7.06. The Bertz CT molecular complexity index is 549. The van der Waals surface area contributed by atoms with Crippen LogP contribution in [-0.2, 0) is 13.0 Å². The molecule has 3 nitrogen and oxygen atoms in total. The highest BCUT2D eigenvalue weighted by Gasteiger charge is 2.05. The molecule has 1 aromatic heterocycles. The maximum atomic E-state index is 5.93. The fourth-order valence-corrected chi connectivity index (χ4v) is 2.02. The zero-order chi connectivity index (χ0) is 14.4. The van der Waals surface area contributed by atoms with Crippen LogP contribution in [0.25, 0.3) is 0 Å². The first-order valence-electron chi connectivity index (χ1n) is 7.17. The summed E-state index contributed by atoms with van der Waals surface area (Å²) in [5, 5.41) is 3.31. The second-order valence-electron chi connectivity index (χ2n) is 4.78. The van der Waals surface area contributed by atoms with Crippen LogP contribution in [0.3, 0.4) is 0 Å². The summed E-state index contributed by atoms with van der Waals surface area (Å²) in [5.41, 5.74) is 3.29. The molecule has 0 atom stereocenters. The number of aryl methyl sites for hydroxylation is 2. The third-order valence-corrected chi connectivity index (χ3v) is 3.14. The number of nitrogens with zero attached hydrogens (tertiary/aromatic N) is 1. The van der Waals surface area contributed by atoms with Crippen LogP contribution in [0.2, 0.25) is 0 Å². The molecule has 2 aromatic rings. The van der Waals surface area contributed by atoms with E-state index < -0.39 is 0 Å². The highest BCUT2D eigenvalue weighted by molar-refractivity contribution is 5.36. The van der Waals surface area contributed by atoms with Crippen LogP contribution in [0.4, 0.5) is 0 Å². The Morgan fingerprint density at radius 3 is 2.45 bits per heavy atom. The maximum Gasteiger partial charge on any atom is 0.148 e. The topological polar surface area (TPSA) is 34.1 Å². The molecule has 1 aromatic carbocycles. The van der Waals surface area contributed by atoms with E-state index in [1.165, 1.54) is 5.56 Å². The highest BCUT2D eigenvalue weighted by atomic mass is 16.5. The monoisotopic (exact) mass is 270 g/mol. The lowest BCUT2D eigenvalue weighted by molar-refractivity contribution is 0.472. The highest BCUT2D eigenvalue weighted by Crippen LogP contribution is 2.25. The van der Waals surface area contributed by atoms with E-state index in [-0.39, 0.29) is 0 Å². The van der Waals surface area contributed by atoms with Crippen LogP contribution in [-0.4, -0.2) is 11.5 Å². The molecule has 0 aliphatic heterocycles. The van der Waals surface area contributed by atoms with Gasteiger partial charge >= 0.3 is 0 Å². The van der Waals surface area contributed by atoms with Crippen molar-refractivity contribution in [2.45, 2.75) is 33.7 Å². The normalized spacial score (nSPS) is 10.6. The third kappa shape index (κ3) is 3.81. The Morgan fingerprint density at radius 2 is 1.80 bits per heavy atom. The molecule has 20 heavy (non-hydrogen) atoms. The van der Waals surface area contributed by atoms with E-state index in [0.29, 0.717) is 0 Å². The van der Waals surface area contributed by atoms with Gasteiger partial charge in [-0.2, -0.15) is 0 Å². The van der Waals surface area contributed by atoms with Gasteiger partial charge in [0.25, 0.3) is 0 Å².